The van der Waals surface area contributed by atoms with Gasteiger partial charge in [0.05, 0.1) is 11.9 Å². The second-order valence-corrected chi connectivity index (χ2v) is 14.7. The number of allylic oxidation sites excluding steroid dienone is 1. The van der Waals surface area contributed by atoms with E-state index in [9.17, 15) is 13.8 Å². The number of carbonyl (C=O) groups excluding carboxylic acids is 2. The number of hydrogen-bond acceptors (Lipinski definition) is 7. The molecule has 0 fully saturated rings. The van der Waals surface area contributed by atoms with Crippen molar-refractivity contribution in [3.05, 3.63) is 40.3 Å². The first-order valence-corrected chi connectivity index (χ1v) is 15.9. The highest BCUT2D eigenvalue weighted by Gasteiger charge is 2.37. The molecule has 218 valence electrons. The maximum atomic E-state index is 14.2. The summed E-state index contributed by atoms with van der Waals surface area (Å²) >= 11 is 1.06. The SMILES string of the molecule is C=C(CC)[n+]1c2c(c(NC(=O)N=S(=O)(NC(=O)OC(C)(C)C)c3cnc(C(C)(C)OC)s3)c3c1CCC3)CCC2. The van der Waals surface area contributed by atoms with Gasteiger partial charge in [0.2, 0.25) is 0 Å². The summed E-state index contributed by atoms with van der Waals surface area (Å²) in [5.41, 5.74) is 4.68. The van der Waals surface area contributed by atoms with E-state index >= 15 is 0 Å². The molecule has 4 rings (SSSR count). The first-order valence-electron chi connectivity index (χ1n) is 13.6. The molecule has 2 aromatic rings. The third-order valence-corrected chi connectivity index (χ3v) is 10.6. The van der Waals surface area contributed by atoms with Crippen LogP contribution >= 0.6 is 11.3 Å². The molecule has 0 spiro atoms. The smallest absolute Gasteiger partial charge is 0.420 e. The molecule has 2 aliphatic carbocycles. The fraction of sp³-hybridized carbons (Fsp3) is 0.571. The number of thiazole rings is 1. The average Bonchev–Trinajstić information content (AvgIpc) is 3.63. The van der Waals surface area contributed by atoms with Gasteiger partial charge in [-0.3, -0.25) is 0 Å². The number of carbonyl (C=O) groups is 2. The minimum absolute atomic E-state index is 0.120. The van der Waals surface area contributed by atoms with E-state index in [0.717, 1.165) is 78.8 Å². The number of pyridine rings is 1. The molecule has 40 heavy (non-hydrogen) atoms. The molecule has 3 amide bonds. The van der Waals surface area contributed by atoms with Crippen LogP contribution in [0.15, 0.2) is 21.3 Å². The van der Waals surface area contributed by atoms with E-state index in [0.29, 0.717) is 5.01 Å². The van der Waals surface area contributed by atoms with Crippen LogP contribution in [0.1, 0.15) is 88.3 Å². The predicted octanol–water partition coefficient (Wildman–Crippen LogP) is 5.67. The molecule has 2 aromatic heterocycles. The molecule has 0 aliphatic heterocycles. The number of nitrogens with zero attached hydrogens (tertiary/aromatic N) is 3. The summed E-state index contributed by atoms with van der Waals surface area (Å²) in [6.07, 6.45) is 6.64. The van der Waals surface area contributed by atoms with Crippen molar-refractivity contribution in [3.63, 3.8) is 0 Å². The highest BCUT2D eigenvalue weighted by molar-refractivity contribution is 7.94. The lowest BCUT2D eigenvalue weighted by atomic mass is 10.0. The lowest BCUT2D eigenvalue weighted by molar-refractivity contribution is -0.599. The topological polar surface area (TPSA) is 123 Å². The van der Waals surface area contributed by atoms with Crippen LogP contribution in [0.2, 0.25) is 0 Å². The van der Waals surface area contributed by atoms with Crippen LogP contribution in [-0.2, 0) is 50.7 Å². The lowest BCUT2D eigenvalue weighted by Gasteiger charge is -2.21. The maximum Gasteiger partial charge on any atom is 0.420 e. The van der Waals surface area contributed by atoms with Gasteiger partial charge in [-0.05, 0) is 66.9 Å². The van der Waals surface area contributed by atoms with Crippen LogP contribution in [0.5, 0.6) is 0 Å². The lowest BCUT2D eigenvalue weighted by Crippen LogP contribution is -2.42. The number of urea groups is 1. The molecule has 2 N–H and O–H groups in total. The Morgan fingerprint density at radius 1 is 1.12 bits per heavy atom. The summed E-state index contributed by atoms with van der Waals surface area (Å²) in [6, 6.07) is -0.808. The van der Waals surface area contributed by atoms with Gasteiger partial charge in [-0.1, -0.05) is 6.92 Å². The molecule has 10 nitrogen and oxygen atoms in total. The number of aromatic nitrogens is 2. The minimum Gasteiger partial charge on any atom is -0.443 e. The van der Waals surface area contributed by atoms with Crippen molar-refractivity contribution in [1.29, 1.82) is 0 Å². The monoisotopic (exact) mass is 590 g/mol. The van der Waals surface area contributed by atoms with Gasteiger partial charge in [0, 0.05) is 37.5 Å². The van der Waals surface area contributed by atoms with E-state index in [2.05, 4.69) is 37.5 Å². The van der Waals surface area contributed by atoms with E-state index < -0.39 is 33.2 Å². The number of fused-ring (bicyclic) bond motifs is 2. The third kappa shape index (κ3) is 6.08. The Hall–Kier alpha value is -2.83. The minimum atomic E-state index is -3.79. The fourth-order valence-electron chi connectivity index (χ4n) is 5.05. The van der Waals surface area contributed by atoms with Crippen molar-refractivity contribution in [1.82, 2.24) is 9.71 Å². The highest BCUT2D eigenvalue weighted by atomic mass is 32.2. The summed E-state index contributed by atoms with van der Waals surface area (Å²) in [4.78, 5) is 30.6. The Morgan fingerprint density at radius 2 is 1.73 bits per heavy atom. The van der Waals surface area contributed by atoms with E-state index in [-0.39, 0.29) is 4.21 Å². The van der Waals surface area contributed by atoms with Gasteiger partial charge in [-0.25, -0.2) is 23.5 Å². The molecule has 1 atom stereocenters. The Balaban J connectivity index is 1.77. The summed E-state index contributed by atoms with van der Waals surface area (Å²) < 4.78 is 33.9. The van der Waals surface area contributed by atoms with Gasteiger partial charge in [-0.15, -0.1) is 15.7 Å². The van der Waals surface area contributed by atoms with Crippen LogP contribution in [0.4, 0.5) is 15.3 Å². The quantitative estimate of drug-likeness (QED) is 0.401. The predicted molar refractivity (Wildman–Crippen MR) is 156 cm³/mol. The molecule has 0 radical (unpaired) electrons. The van der Waals surface area contributed by atoms with Gasteiger partial charge in [0.1, 0.15) is 20.4 Å². The summed E-state index contributed by atoms with van der Waals surface area (Å²) in [7, 11) is -2.24. The van der Waals surface area contributed by atoms with Crippen molar-refractivity contribution in [2.45, 2.75) is 102 Å². The first-order chi connectivity index (χ1) is 18.7. The summed E-state index contributed by atoms with van der Waals surface area (Å²) in [6.45, 7) is 15.1. The zero-order valence-corrected chi connectivity index (χ0v) is 26.1. The molecule has 0 bridgehead atoms. The Kier molecular flexibility index (Phi) is 8.45. The van der Waals surface area contributed by atoms with E-state index in [1.165, 1.54) is 17.6 Å². The first kappa shape index (κ1) is 30.1. The van der Waals surface area contributed by atoms with Gasteiger partial charge >= 0.3 is 12.1 Å². The third-order valence-electron chi connectivity index (χ3n) is 7.09. The molecular formula is C28H40N5O5S2+. The standard InChI is InChI=1S/C28H39N5O5S2/c1-9-17(2)33-20-14-10-12-18(20)23(19-13-11-15-21(19)33)30-25(34)31-40(36,32-26(35)38-27(3,4)5)22-16-29-24(39-22)28(6,7)37-8/h16H,2,9-15H2,1,3-8H3,(H,31,32,34,35,36)/p+1. The van der Waals surface area contributed by atoms with Gasteiger partial charge in [-0.2, -0.15) is 4.57 Å². The zero-order chi connectivity index (χ0) is 29.5. The van der Waals surface area contributed by atoms with Crippen LogP contribution in [0.25, 0.3) is 5.70 Å². The Bertz CT molecular complexity index is 1440. The normalized spacial score (nSPS) is 16.1. The Morgan fingerprint density at radius 3 is 2.25 bits per heavy atom. The van der Waals surface area contributed by atoms with Gasteiger partial charge in [0.15, 0.2) is 27.0 Å². The van der Waals surface area contributed by atoms with Crippen molar-refractivity contribution in [3.8, 4) is 0 Å². The second kappa shape index (κ2) is 11.2. The van der Waals surface area contributed by atoms with Crippen LogP contribution in [-0.4, -0.2) is 34.0 Å². The van der Waals surface area contributed by atoms with Crippen molar-refractivity contribution in [2.24, 2.45) is 4.36 Å². The molecular weight excluding hydrogens is 550 g/mol. The summed E-state index contributed by atoms with van der Waals surface area (Å²) in [5.74, 6) is 0. The van der Waals surface area contributed by atoms with Crippen molar-refractivity contribution in [2.75, 3.05) is 12.4 Å². The zero-order valence-electron chi connectivity index (χ0n) is 24.4. The molecule has 12 heteroatoms. The number of rotatable bonds is 7. The molecule has 2 aliphatic rings. The van der Waals surface area contributed by atoms with Crippen LogP contribution in [0.3, 0.4) is 0 Å². The number of anilines is 1. The van der Waals surface area contributed by atoms with E-state index in [4.69, 9.17) is 9.47 Å². The largest absolute Gasteiger partial charge is 0.443 e. The number of nitrogens with one attached hydrogen (secondary N) is 2. The molecule has 2 heterocycles. The van der Waals surface area contributed by atoms with Crippen molar-refractivity contribution < 1.29 is 27.8 Å². The highest BCUT2D eigenvalue weighted by Crippen LogP contribution is 2.37. The Labute approximate surface area is 240 Å². The van der Waals surface area contributed by atoms with Crippen LogP contribution < -0.4 is 14.6 Å². The molecule has 0 aromatic carbocycles. The summed E-state index contributed by atoms with van der Waals surface area (Å²) in [5, 5.41) is 3.49. The molecule has 0 saturated heterocycles. The fourth-order valence-corrected chi connectivity index (χ4v) is 7.69. The van der Waals surface area contributed by atoms with Crippen molar-refractivity contribution >= 4 is 44.8 Å². The van der Waals surface area contributed by atoms with E-state index in [1.54, 1.807) is 27.9 Å². The van der Waals surface area contributed by atoms with Crippen LogP contribution in [0, 0.1) is 0 Å². The number of methoxy groups -OCH3 is 1. The van der Waals surface area contributed by atoms with Gasteiger partial charge < -0.3 is 14.8 Å². The number of ether oxygens (including phenoxy) is 2. The second-order valence-electron chi connectivity index (χ2n) is 11.5. The molecule has 0 saturated carbocycles. The maximum absolute atomic E-state index is 14.2. The average molecular weight is 591 g/mol. The van der Waals surface area contributed by atoms with Gasteiger partial charge in [0.25, 0.3) is 0 Å². The number of hydrogen-bond donors (Lipinski definition) is 2. The van der Waals surface area contributed by atoms with E-state index in [1.807, 2.05) is 13.8 Å². The molecule has 1 unspecified atom stereocenters. The number of amides is 3.